The highest BCUT2D eigenvalue weighted by molar-refractivity contribution is 6.41. The maximum atomic E-state index is 11.5. The lowest BCUT2D eigenvalue weighted by molar-refractivity contribution is 0.0524. The normalized spacial score (nSPS) is 16.9. The van der Waals surface area contributed by atoms with E-state index in [1.807, 2.05) is 17.8 Å². The fourth-order valence-corrected chi connectivity index (χ4v) is 5.94. The highest BCUT2D eigenvalue weighted by Gasteiger charge is 2.31. The van der Waals surface area contributed by atoms with Crippen molar-refractivity contribution < 1.29 is 14.4 Å². The lowest BCUT2D eigenvalue weighted by Gasteiger charge is -2.34. The van der Waals surface area contributed by atoms with E-state index in [9.17, 15) is 9.90 Å². The van der Waals surface area contributed by atoms with Crippen molar-refractivity contribution in [3.05, 3.63) is 80.1 Å². The van der Waals surface area contributed by atoms with Gasteiger partial charge in [0, 0.05) is 65.5 Å². The highest BCUT2D eigenvalue weighted by Crippen LogP contribution is 2.38. The number of rotatable bonds is 8. The number of aromatic nitrogens is 3. The number of halogens is 2. The van der Waals surface area contributed by atoms with Gasteiger partial charge in [0.1, 0.15) is 5.76 Å². The molecule has 9 nitrogen and oxygen atoms in total. The van der Waals surface area contributed by atoms with Gasteiger partial charge in [-0.3, -0.25) is 14.9 Å². The van der Waals surface area contributed by atoms with E-state index >= 15 is 0 Å². The number of aliphatic hydroxyl groups is 1. The molecule has 40 heavy (non-hydrogen) atoms. The van der Waals surface area contributed by atoms with Gasteiger partial charge in [0.25, 0.3) is 0 Å². The number of ether oxygens (including phenoxy) is 1. The molecule has 2 fully saturated rings. The van der Waals surface area contributed by atoms with Crippen LogP contribution in [0.25, 0.3) is 22.3 Å². The maximum absolute atomic E-state index is 11.5. The molecule has 0 bridgehead atoms. The first-order chi connectivity index (χ1) is 19.3. The second kappa shape index (κ2) is 10.8. The van der Waals surface area contributed by atoms with Gasteiger partial charge in [0.15, 0.2) is 5.82 Å². The number of piperidine rings is 1. The number of aryl methyl sites for hydroxylation is 1. The predicted molar refractivity (Wildman–Crippen MR) is 156 cm³/mol. The summed E-state index contributed by atoms with van der Waals surface area (Å²) in [6, 6.07) is 11.4. The minimum atomic E-state index is -0.584. The molecule has 1 aliphatic heterocycles. The second-order valence-electron chi connectivity index (χ2n) is 10.4. The van der Waals surface area contributed by atoms with Gasteiger partial charge in [0.05, 0.1) is 28.5 Å². The SMILES string of the molecule is Cn1cc(-c2noc(=O)[nH]2)c2cc(N3CCC(OC/C(C(=N)c4c(Cl)cccc4Cl)=C(/O)C4CC4)CC3)ccc21. The van der Waals surface area contributed by atoms with Crippen LogP contribution in [0.1, 0.15) is 31.2 Å². The Labute approximate surface area is 240 Å². The molecule has 0 spiro atoms. The number of H-pyrrole nitrogens is 1. The number of anilines is 1. The molecule has 2 aromatic heterocycles. The zero-order valence-electron chi connectivity index (χ0n) is 21.9. The summed E-state index contributed by atoms with van der Waals surface area (Å²) in [5.41, 5.74) is 3.88. The molecule has 1 saturated heterocycles. The average Bonchev–Trinajstić information content (AvgIpc) is 3.63. The van der Waals surface area contributed by atoms with Crippen LogP contribution in [-0.4, -0.2) is 51.3 Å². The standard InChI is InChI=1S/C29H29Cl2N5O4/c1-35-14-20(28-33-29(38)40-34-28)19-13-17(7-8-24(19)35)36-11-9-18(10-12-36)39-15-21(27(37)16-5-6-16)26(32)25-22(30)3-2-4-23(25)31/h2-4,7-8,13-14,16,18,32,37H,5-6,9-12,15H2,1H3,(H,33,34,38)/b27-21-,32-26?. The number of benzene rings is 2. The van der Waals surface area contributed by atoms with Crippen LogP contribution in [0.15, 0.2) is 63.2 Å². The molecule has 4 aromatic rings. The van der Waals surface area contributed by atoms with E-state index < -0.39 is 5.76 Å². The van der Waals surface area contributed by atoms with Crippen LogP contribution in [0.4, 0.5) is 5.69 Å². The number of nitrogens with one attached hydrogen (secondary N) is 2. The monoisotopic (exact) mass is 581 g/mol. The van der Waals surface area contributed by atoms with Crippen molar-refractivity contribution in [2.24, 2.45) is 13.0 Å². The van der Waals surface area contributed by atoms with Crippen LogP contribution in [0.3, 0.4) is 0 Å². The third-order valence-electron chi connectivity index (χ3n) is 7.73. The van der Waals surface area contributed by atoms with Crippen molar-refractivity contribution >= 4 is 45.5 Å². The summed E-state index contributed by atoms with van der Waals surface area (Å²) in [6.45, 7) is 1.71. The third-order valence-corrected chi connectivity index (χ3v) is 8.36. The van der Waals surface area contributed by atoms with Gasteiger partial charge in [-0.2, -0.15) is 0 Å². The fraction of sp³-hybridized carbons (Fsp3) is 0.345. The van der Waals surface area contributed by atoms with Crippen molar-refractivity contribution in [2.75, 3.05) is 24.6 Å². The van der Waals surface area contributed by atoms with Crippen LogP contribution < -0.4 is 10.7 Å². The number of hydrogen-bond donors (Lipinski definition) is 3. The van der Waals surface area contributed by atoms with E-state index in [0.29, 0.717) is 27.0 Å². The third kappa shape index (κ3) is 5.16. The van der Waals surface area contributed by atoms with Gasteiger partial charge in [-0.1, -0.05) is 34.4 Å². The van der Waals surface area contributed by atoms with Crippen molar-refractivity contribution in [3.63, 3.8) is 0 Å². The minimum Gasteiger partial charge on any atom is -0.512 e. The first-order valence-electron chi connectivity index (χ1n) is 13.3. The Hall–Kier alpha value is -3.53. The van der Waals surface area contributed by atoms with Gasteiger partial charge in [0.2, 0.25) is 0 Å². The molecule has 0 unspecified atom stereocenters. The number of fused-ring (bicyclic) bond motifs is 1. The molecule has 2 aromatic carbocycles. The van der Waals surface area contributed by atoms with Crippen molar-refractivity contribution in [1.82, 2.24) is 14.7 Å². The largest absolute Gasteiger partial charge is 0.512 e. The zero-order valence-corrected chi connectivity index (χ0v) is 23.4. The molecule has 3 heterocycles. The summed E-state index contributed by atoms with van der Waals surface area (Å²) in [7, 11) is 1.95. The summed E-state index contributed by atoms with van der Waals surface area (Å²) in [6.07, 6.45) is 5.32. The quantitative estimate of drug-likeness (QED) is 0.171. The summed E-state index contributed by atoms with van der Waals surface area (Å²) < 4.78 is 13.0. The van der Waals surface area contributed by atoms with Gasteiger partial charge < -0.3 is 19.3 Å². The second-order valence-corrected chi connectivity index (χ2v) is 11.2. The molecule has 2 aliphatic rings. The van der Waals surface area contributed by atoms with Crippen LogP contribution in [0.5, 0.6) is 0 Å². The summed E-state index contributed by atoms with van der Waals surface area (Å²) in [5.74, 6) is 0.0920. The molecule has 1 aliphatic carbocycles. The first kappa shape index (κ1) is 26.7. The minimum absolute atomic E-state index is 0.0102. The molecule has 1 saturated carbocycles. The van der Waals surface area contributed by atoms with E-state index in [1.165, 1.54) is 0 Å². The molecular formula is C29H29Cl2N5O4. The van der Waals surface area contributed by atoms with Gasteiger partial charge in [-0.15, -0.1) is 0 Å². The lowest BCUT2D eigenvalue weighted by atomic mass is 9.99. The summed E-state index contributed by atoms with van der Waals surface area (Å²) in [5, 5.41) is 25.3. The number of nitrogens with zero attached hydrogens (tertiary/aromatic N) is 3. The van der Waals surface area contributed by atoms with Crippen molar-refractivity contribution in [2.45, 2.75) is 31.8 Å². The molecule has 6 rings (SSSR count). The number of hydrogen-bond acceptors (Lipinski definition) is 7. The van der Waals surface area contributed by atoms with E-state index in [1.54, 1.807) is 18.2 Å². The van der Waals surface area contributed by atoms with E-state index in [0.717, 1.165) is 60.9 Å². The maximum Gasteiger partial charge on any atom is 0.439 e. The highest BCUT2D eigenvalue weighted by atomic mass is 35.5. The predicted octanol–water partition coefficient (Wildman–Crippen LogP) is 6.10. The average molecular weight is 582 g/mol. The van der Waals surface area contributed by atoms with E-state index in [-0.39, 0.29) is 30.1 Å². The topological polar surface area (TPSA) is 120 Å². The molecule has 0 radical (unpaired) electrons. The Morgan fingerprint density at radius 3 is 2.55 bits per heavy atom. The molecule has 3 N–H and O–H groups in total. The Morgan fingerprint density at radius 2 is 1.90 bits per heavy atom. The number of allylic oxidation sites excluding steroid dienone is 1. The fourth-order valence-electron chi connectivity index (χ4n) is 5.36. The molecule has 11 heteroatoms. The van der Waals surface area contributed by atoms with Crippen LogP contribution in [-0.2, 0) is 11.8 Å². The number of aliphatic hydroxyl groups excluding tert-OH is 1. The lowest BCUT2D eigenvalue weighted by Crippen LogP contribution is -2.37. The van der Waals surface area contributed by atoms with Crippen LogP contribution in [0.2, 0.25) is 10.0 Å². The Morgan fingerprint density at radius 1 is 1.18 bits per heavy atom. The Bertz CT molecular complexity index is 1650. The van der Waals surface area contributed by atoms with Gasteiger partial charge in [-0.05, 0) is 56.0 Å². The van der Waals surface area contributed by atoms with Gasteiger partial charge >= 0.3 is 5.76 Å². The molecular weight excluding hydrogens is 553 g/mol. The van der Waals surface area contributed by atoms with E-state index in [4.69, 9.17) is 37.9 Å². The summed E-state index contributed by atoms with van der Waals surface area (Å²) in [4.78, 5) is 16.5. The van der Waals surface area contributed by atoms with E-state index in [2.05, 4.69) is 33.2 Å². The first-order valence-corrected chi connectivity index (χ1v) is 14.0. The van der Waals surface area contributed by atoms with Gasteiger partial charge in [-0.25, -0.2) is 4.79 Å². The molecule has 0 atom stereocenters. The summed E-state index contributed by atoms with van der Waals surface area (Å²) >= 11 is 12.7. The number of aromatic amines is 1. The van der Waals surface area contributed by atoms with Crippen LogP contribution in [0, 0.1) is 11.3 Å². The molecule has 0 amide bonds. The Kier molecular flexibility index (Phi) is 7.20. The molecule has 208 valence electrons. The van der Waals surface area contributed by atoms with Crippen LogP contribution >= 0.6 is 23.2 Å². The zero-order chi connectivity index (χ0) is 28.0. The smallest absolute Gasteiger partial charge is 0.439 e. The van der Waals surface area contributed by atoms with Crippen molar-refractivity contribution in [1.29, 1.82) is 5.41 Å². The Balaban J connectivity index is 1.15. The van der Waals surface area contributed by atoms with Crippen molar-refractivity contribution in [3.8, 4) is 11.4 Å².